The molecule has 2 unspecified atom stereocenters. The van der Waals surface area contributed by atoms with Crippen LogP contribution in [0.5, 0.6) is 5.75 Å². The standard InChI is InChI=1S/C19H18F2N4O5S/c20-19(21,8-26)30-14-4-3-12(13-7-31-9-22-13)16-15(14)23-17(29-16)24-5-10-1-2-11(6-24)25(10)18(27)28/h3-4,7,9-11,26H,1-2,5-6,8H2,(H,27,28). The van der Waals surface area contributed by atoms with Crippen molar-refractivity contribution in [2.45, 2.75) is 31.0 Å². The third kappa shape index (κ3) is 3.45. The summed E-state index contributed by atoms with van der Waals surface area (Å²) in [6.45, 7) is -0.692. The number of aliphatic hydroxyl groups excluding tert-OH is 1. The topological polar surface area (TPSA) is 112 Å². The molecule has 2 N–H and O–H groups in total. The molecule has 5 rings (SSSR count). The number of oxazole rings is 1. The number of benzene rings is 1. The Morgan fingerprint density at radius 1 is 1.32 bits per heavy atom. The molecule has 0 saturated carbocycles. The van der Waals surface area contributed by atoms with E-state index in [1.807, 2.05) is 4.90 Å². The fourth-order valence-electron chi connectivity index (χ4n) is 4.30. The van der Waals surface area contributed by atoms with E-state index < -0.39 is 18.8 Å². The maximum atomic E-state index is 13.7. The van der Waals surface area contributed by atoms with Crippen molar-refractivity contribution in [3.8, 4) is 17.0 Å². The van der Waals surface area contributed by atoms with Crippen molar-refractivity contribution in [3.63, 3.8) is 0 Å². The summed E-state index contributed by atoms with van der Waals surface area (Å²) >= 11 is 1.38. The monoisotopic (exact) mass is 452 g/mol. The Hall–Kier alpha value is -2.99. The van der Waals surface area contributed by atoms with Crippen molar-refractivity contribution >= 4 is 34.5 Å². The molecule has 2 saturated heterocycles. The summed E-state index contributed by atoms with van der Waals surface area (Å²) in [6.07, 6.45) is -3.23. The van der Waals surface area contributed by atoms with E-state index in [0.29, 0.717) is 24.3 Å². The number of hydrogen-bond acceptors (Lipinski definition) is 8. The van der Waals surface area contributed by atoms with E-state index in [2.05, 4.69) is 9.97 Å². The maximum Gasteiger partial charge on any atom is 0.421 e. The molecule has 0 spiro atoms. The lowest BCUT2D eigenvalue weighted by Crippen LogP contribution is -2.55. The van der Waals surface area contributed by atoms with Gasteiger partial charge in [-0.15, -0.1) is 11.3 Å². The van der Waals surface area contributed by atoms with Crippen molar-refractivity contribution in [3.05, 3.63) is 23.0 Å². The molecule has 31 heavy (non-hydrogen) atoms. The summed E-state index contributed by atoms with van der Waals surface area (Å²) in [4.78, 5) is 23.5. The highest BCUT2D eigenvalue weighted by atomic mass is 32.1. The third-order valence-corrected chi connectivity index (χ3v) is 6.21. The van der Waals surface area contributed by atoms with E-state index in [0.717, 1.165) is 12.8 Å². The number of halogens is 2. The largest absolute Gasteiger partial charge is 0.465 e. The number of anilines is 1. The first-order valence-electron chi connectivity index (χ1n) is 9.62. The van der Waals surface area contributed by atoms with Gasteiger partial charge in [-0.05, 0) is 25.0 Å². The van der Waals surface area contributed by atoms with Gasteiger partial charge < -0.3 is 24.3 Å². The number of carboxylic acid groups (broad SMARTS) is 1. The number of piperazine rings is 1. The number of aliphatic hydroxyl groups is 1. The predicted molar refractivity (Wildman–Crippen MR) is 107 cm³/mol. The van der Waals surface area contributed by atoms with Crippen molar-refractivity contribution < 1.29 is 32.9 Å². The molecule has 2 atom stereocenters. The third-order valence-electron chi connectivity index (χ3n) is 5.62. The van der Waals surface area contributed by atoms with E-state index in [4.69, 9.17) is 14.3 Å². The molecule has 2 aliphatic heterocycles. The minimum Gasteiger partial charge on any atom is -0.465 e. The van der Waals surface area contributed by atoms with Gasteiger partial charge in [-0.3, -0.25) is 4.90 Å². The number of ether oxygens (including phenoxy) is 1. The number of amides is 1. The number of nitrogens with zero attached hydrogens (tertiary/aromatic N) is 4. The van der Waals surface area contributed by atoms with Crippen LogP contribution in [0.4, 0.5) is 19.6 Å². The molecule has 164 valence electrons. The van der Waals surface area contributed by atoms with Crippen molar-refractivity contribution in [2.75, 3.05) is 24.6 Å². The first-order valence-corrected chi connectivity index (χ1v) is 10.6. The summed E-state index contributed by atoms with van der Waals surface area (Å²) in [5.41, 5.74) is 3.14. The van der Waals surface area contributed by atoms with E-state index in [9.17, 15) is 18.7 Å². The Kier molecular flexibility index (Phi) is 4.70. The molecule has 12 heteroatoms. The lowest BCUT2D eigenvalue weighted by atomic mass is 10.1. The Balaban J connectivity index is 1.56. The lowest BCUT2D eigenvalue weighted by molar-refractivity contribution is -0.200. The normalized spacial score (nSPS) is 21.1. The number of aromatic nitrogens is 2. The first-order chi connectivity index (χ1) is 14.9. The van der Waals surface area contributed by atoms with Crippen molar-refractivity contribution in [2.24, 2.45) is 0 Å². The van der Waals surface area contributed by atoms with Gasteiger partial charge in [0.25, 0.3) is 6.01 Å². The Labute approximate surface area is 178 Å². The van der Waals surface area contributed by atoms with Gasteiger partial charge in [-0.1, -0.05) is 0 Å². The molecule has 2 fully saturated rings. The van der Waals surface area contributed by atoms with Gasteiger partial charge in [-0.2, -0.15) is 13.8 Å². The smallest absolute Gasteiger partial charge is 0.421 e. The van der Waals surface area contributed by atoms with E-state index in [1.54, 1.807) is 17.0 Å². The molecule has 9 nitrogen and oxygen atoms in total. The minimum atomic E-state index is -3.78. The van der Waals surface area contributed by atoms with Crippen LogP contribution >= 0.6 is 11.3 Å². The molecule has 2 aliphatic rings. The summed E-state index contributed by atoms with van der Waals surface area (Å²) in [5.74, 6) is -0.227. The van der Waals surface area contributed by atoms with Crippen LogP contribution < -0.4 is 9.64 Å². The van der Waals surface area contributed by atoms with Gasteiger partial charge in [0.15, 0.2) is 16.8 Å². The molecular weight excluding hydrogens is 434 g/mol. The van der Waals surface area contributed by atoms with Gasteiger partial charge in [0, 0.05) is 24.0 Å². The van der Waals surface area contributed by atoms with Crippen LogP contribution in [-0.4, -0.2) is 69.1 Å². The zero-order valence-corrected chi connectivity index (χ0v) is 16.9. The van der Waals surface area contributed by atoms with Gasteiger partial charge in [0.2, 0.25) is 0 Å². The minimum absolute atomic E-state index is 0.0848. The van der Waals surface area contributed by atoms with Crippen LogP contribution in [0.1, 0.15) is 12.8 Å². The van der Waals surface area contributed by atoms with Crippen LogP contribution in [-0.2, 0) is 0 Å². The number of rotatable bonds is 5. The highest BCUT2D eigenvalue weighted by Crippen LogP contribution is 2.40. The number of alkyl halides is 2. The average Bonchev–Trinajstić information content (AvgIpc) is 3.46. The molecule has 2 aromatic heterocycles. The summed E-state index contributed by atoms with van der Waals surface area (Å²) < 4.78 is 38.1. The fourth-order valence-corrected chi connectivity index (χ4v) is 4.85. The molecule has 2 bridgehead atoms. The van der Waals surface area contributed by atoms with Crippen molar-refractivity contribution in [1.29, 1.82) is 0 Å². The quantitative estimate of drug-likeness (QED) is 0.607. The first kappa shape index (κ1) is 19.9. The number of fused-ring (bicyclic) bond motifs is 3. The second-order valence-corrected chi connectivity index (χ2v) is 8.26. The Bertz CT molecular complexity index is 1110. The van der Waals surface area contributed by atoms with Crippen LogP contribution in [0.25, 0.3) is 22.4 Å². The SMILES string of the molecule is O=C(O)N1C2CCC1CN(c1nc3c(OC(F)(F)CO)ccc(-c4cscn4)c3o1)C2. The number of hydrogen-bond donors (Lipinski definition) is 2. The van der Waals surface area contributed by atoms with Gasteiger partial charge in [-0.25, -0.2) is 9.78 Å². The zero-order chi connectivity index (χ0) is 21.8. The van der Waals surface area contributed by atoms with Crippen LogP contribution in [0.3, 0.4) is 0 Å². The second-order valence-electron chi connectivity index (χ2n) is 7.54. The number of thiazole rings is 1. The lowest BCUT2D eigenvalue weighted by Gasteiger charge is -2.38. The predicted octanol–water partition coefficient (Wildman–Crippen LogP) is 3.25. The molecule has 4 heterocycles. The fraction of sp³-hybridized carbons (Fsp3) is 0.421. The molecular formula is C19H18F2N4O5S. The van der Waals surface area contributed by atoms with Gasteiger partial charge >= 0.3 is 12.2 Å². The molecule has 1 amide bonds. The summed E-state index contributed by atoms with van der Waals surface area (Å²) in [5, 5.41) is 20.1. The van der Waals surface area contributed by atoms with E-state index in [-0.39, 0.29) is 34.9 Å². The zero-order valence-electron chi connectivity index (χ0n) is 16.1. The molecule has 3 aromatic rings. The Morgan fingerprint density at radius 2 is 2.06 bits per heavy atom. The highest BCUT2D eigenvalue weighted by molar-refractivity contribution is 7.07. The highest BCUT2D eigenvalue weighted by Gasteiger charge is 2.44. The number of carbonyl (C=O) groups is 1. The van der Waals surface area contributed by atoms with Crippen molar-refractivity contribution in [1.82, 2.24) is 14.9 Å². The molecule has 1 aromatic carbocycles. The average molecular weight is 452 g/mol. The van der Waals surface area contributed by atoms with Crippen LogP contribution in [0.15, 0.2) is 27.4 Å². The van der Waals surface area contributed by atoms with Crippen LogP contribution in [0, 0.1) is 0 Å². The molecule has 0 radical (unpaired) electrons. The van der Waals surface area contributed by atoms with E-state index in [1.165, 1.54) is 22.3 Å². The Morgan fingerprint density at radius 3 is 2.68 bits per heavy atom. The summed E-state index contributed by atoms with van der Waals surface area (Å²) in [7, 11) is 0. The summed E-state index contributed by atoms with van der Waals surface area (Å²) in [6, 6.07) is 2.74. The second kappa shape index (κ2) is 7.31. The maximum absolute atomic E-state index is 13.7. The van der Waals surface area contributed by atoms with Crippen LogP contribution in [0.2, 0.25) is 0 Å². The molecule has 0 aliphatic carbocycles. The van der Waals surface area contributed by atoms with Gasteiger partial charge in [0.1, 0.15) is 6.61 Å². The van der Waals surface area contributed by atoms with Gasteiger partial charge in [0.05, 0.1) is 23.3 Å². The van der Waals surface area contributed by atoms with E-state index >= 15 is 0 Å².